The molecule has 0 rings (SSSR count). The molecule has 0 bridgehead atoms. The zero-order chi connectivity index (χ0) is 6.57. The third-order valence-corrected chi connectivity index (χ3v) is 1.71. The number of hydrogen-bond acceptors (Lipinski definition) is 2. The first-order chi connectivity index (χ1) is 3.72. The predicted molar refractivity (Wildman–Crippen MR) is 36.4 cm³/mol. The molecule has 0 aliphatic heterocycles. The Morgan fingerprint density at radius 1 is 1.00 bits per heavy atom. The van der Waals surface area contributed by atoms with Gasteiger partial charge in [-0.05, 0) is 24.9 Å². The molecule has 2 atom stereocenters. The summed E-state index contributed by atoms with van der Waals surface area (Å²) in [6.07, 6.45) is 0. The van der Waals surface area contributed by atoms with Gasteiger partial charge in [0.2, 0.25) is 0 Å². The molecule has 0 aliphatic rings. The van der Waals surface area contributed by atoms with E-state index in [0.717, 1.165) is 13.1 Å². The minimum Gasteiger partial charge on any atom is -0.330 e. The van der Waals surface area contributed by atoms with Crippen LogP contribution in [0.1, 0.15) is 13.8 Å². The Kier molecular flexibility index (Phi) is 9.19. The second kappa shape index (κ2) is 6.72. The molecule has 0 heterocycles. The van der Waals surface area contributed by atoms with Crippen LogP contribution in [-0.2, 0) is 21.1 Å². The summed E-state index contributed by atoms with van der Waals surface area (Å²) in [5.74, 6) is 1.14. The summed E-state index contributed by atoms with van der Waals surface area (Å²) in [6, 6.07) is 0. The van der Waals surface area contributed by atoms with Gasteiger partial charge in [-0.25, -0.2) is 0 Å². The molecule has 0 radical (unpaired) electrons. The number of rotatable bonds is 3. The molecule has 0 aromatic rings. The number of hydrogen-bond donors (Lipinski definition) is 2. The summed E-state index contributed by atoms with van der Waals surface area (Å²) < 4.78 is 0. The van der Waals surface area contributed by atoms with Crippen LogP contribution in [0.25, 0.3) is 0 Å². The van der Waals surface area contributed by atoms with Gasteiger partial charge in [0.25, 0.3) is 0 Å². The normalized spacial score (nSPS) is 16.0. The third-order valence-electron chi connectivity index (χ3n) is 1.71. The molecule has 58 valence electrons. The van der Waals surface area contributed by atoms with E-state index in [1.54, 1.807) is 0 Å². The first-order valence-corrected chi connectivity index (χ1v) is 3.12. The molecule has 4 N–H and O–H groups in total. The van der Waals surface area contributed by atoms with Crippen LogP contribution in [0, 0.1) is 11.8 Å². The SMILES string of the molecule is CC(CN)C(C)CN.[Pt+2]. The van der Waals surface area contributed by atoms with Crippen LogP contribution in [0.5, 0.6) is 0 Å². The van der Waals surface area contributed by atoms with E-state index in [1.807, 2.05) is 0 Å². The van der Waals surface area contributed by atoms with E-state index < -0.39 is 0 Å². The summed E-state index contributed by atoms with van der Waals surface area (Å²) in [7, 11) is 0. The Hall–Kier alpha value is 0.608. The second-order valence-corrected chi connectivity index (χ2v) is 2.43. The van der Waals surface area contributed by atoms with Crippen LogP contribution in [0.15, 0.2) is 0 Å². The van der Waals surface area contributed by atoms with Gasteiger partial charge >= 0.3 is 21.1 Å². The Balaban J connectivity index is 0. The van der Waals surface area contributed by atoms with Crippen molar-refractivity contribution >= 4 is 0 Å². The molecule has 0 spiro atoms. The first kappa shape index (κ1) is 12.3. The van der Waals surface area contributed by atoms with Crippen molar-refractivity contribution in [3.8, 4) is 0 Å². The van der Waals surface area contributed by atoms with Crippen molar-refractivity contribution in [2.24, 2.45) is 23.3 Å². The average Bonchev–Trinajstić information content (AvgIpc) is 1.84. The van der Waals surface area contributed by atoms with E-state index in [2.05, 4.69) is 13.8 Å². The zero-order valence-electron chi connectivity index (χ0n) is 6.04. The summed E-state index contributed by atoms with van der Waals surface area (Å²) in [5, 5.41) is 0. The topological polar surface area (TPSA) is 52.0 Å². The molecule has 0 fully saturated rings. The van der Waals surface area contributed by atoms with Crippen LogP contribution in [-0.4, -0.2) is 13.1 Å². The summed E-state index contributed by atoms with van der Waals surface area (Å²) >= 11 is 0. The summed E-state index contributed by atoms with van der Waals surface area (Å²) in [5.41, 5.74) is 10.8. The molecular weight excluding hydrogens is 295 g/mol. The van der Waals surface area contributed by atoms with E-state index >= 15 is 0 Å². The second-order valence-electron chi connectivity index (χ2n) is 2.43. The van der Waals surface area contributed by atoms with Gasteiger partial charge in [-0.15, -0.1) is 0 Å². The molecular formula is C6H16N2Pt+2. The third kappa shape index (κ3) is 5.07. The maximum absolute atomic E-state index is 5.39. The van der Waals surface area contributed by atoms with E-state index in [4.69, 9.17) is 11.5 Å². The quantitative estimate of drug-likeness (QED) is 0.781. The van der Waals surface area contributed by atoms with Gasteiger partial charge in [0.15, 0.2) is 0 Å². The molecule has 2 nitrogen and oxygen atoms in total. The van der Waals surface area contributed by atoms with E-state index in [0.29, 0.717) is 11.8 Å². The van der Waals surface area contributed by atoms with Gasteiger partial charge in [0.1, 0.15) is 0 Å². The maximum Gasteiger partial charge on any atom is 2.00 e. The Morgan fingerprint density at radius 2 is 1.22 bits per heavy atom. The molecule has 2 unspecified atom stereocenters. The van der Waals surface area contributed by atoms with Crippen LogP contribution in [0.3, 0.4) is 0 Å². The monoisotopic (exact) mass is 311 g/mol. The number of nitrogens with two attached hydrogens (primary N) is 2. The minimum atomic E-state index is 0. The fourth-order valence-corrected chi connectivity index (χ4v) is 0.465. The standard InChI is InChI=1S/C6H16N2.Pt/c1-5(3-7)6(2)4-8;/h5-6H,3-4,7-8H2,1-2H3;/q;+2. The van der Waals surface area contributed by atoms with Crippen molar-refractivity contribution in [1.82, 2.24) is 0 Å². The van der Waals surface area contributed by atoms with Gasteiger partial charge in [-0.2, -0.15) is 0 Å². The van der Waals surface area contributed by atoms with Crippen molar-refractivity contribution in [2.75, 3.05) is 13.1 Å². The first-order valence-electron chi connectivity index (χ1n) is 3.12. The fraction of sp³-hybridized carbons (Fsp3) is 1.00. The molecule has 0 saturated carbocycles. The largest absolute Gasteiger partial charge is 2.00 e. The van der Waals surface area contributed by atoms with Gasteiger partial charge < -0.3 is 11.5 Å². The molecule has 0 amide bonds. The summed E-state index contributed by atoms with van der Waals surface area (Å²) in [6.45, 7) is 5.74. The Labute approximate surface area is 71.6 Å². The van der Waals surface area contributed by atoms with Gasteiger partial charge in [0.05, 0.1) is 0 Å². The smallest absolute Gasteiger partial charge is 0.330 e. The van der Waals surface area contributed by atoms with Crippen molar-refractivity contribution in [3.63, 3.8) is 0 Å². The molecule has 9 heavy (non-hydrogen) atoms. The predicted octanol–water partition coefficient (Wildman–Crippen LogP) is 0.174. The molecule has 0 saturated heterocycles. The zero-order valence-corrected chi connectivity index (χ0v) is 8.31. The fourth-order valence-electron chi connectivity index (χ4n) is 0.465. The van der Waals surface area contributed by atoms with Crippen molar-refractivity contribution in [3.05, 3.63) is 0 Å². The van der Waals surface area contributed by atoms with Crippen molar-refractivity contribution < 1.29 is 21.1 Å². The van der Waals surface area contributed by atoms with Crippen molar-refractivity contribution in [1.29, 1.82) is 0 Å². The van der Waals surface area contributed by atoms with Gasteiger partial charge in [-0.3, -0.25) is 0 Å². The van der Waals surface area contributed by atoms with E-state index in [-0.39, 0.29) is 21.1 Å². The average molecular weight is 311 g/mol. The van der Waals surface area contributed by atoms with Crippen LogP contribution in [0.2, 0.25) is 0 Å². The van der Waals surface area contributed by atoms with E-state index in [9.17, 15) is 0 Å². The van der Waals surface area contributed by atoms with Crippen LogP contribution < -0.4 is 11.5 Å². The van der Waals surface area contributed by atoms with Gasteiger partial charge in [-0.1, -0.05) is 13.8 Å². The van der Waals surface area contributed by atoms with E-state index in [1.165, 1.54) is 0 Å². The van der Waals surface area contributed by atoms with Gasteiger partial charge in [0, 0.05) is 0 Å². The Bertz CT molecular complexity index is 51.0. The molecule has 0 aliphatic carbocycles. The van der Waals surface area contributed by atoms with Crippen molar-refractivity contribution in [2.45, 2.75) is 13.8 Å². The molecule has 3 heteroatoms. The minimum absolute atomic E-state index is 0. The molecule has 0 aromatic heterocycles. The van der Waals surface area contributed by atoms with Crippen LogP contribution in [0.4, 0.5) is 0 Å². The molecule has 0 aromatic carbocycles. The maximum atomic E-state index is 5.39. The summed E-state index contributed by atoms with van der Waals surface area (Å²) in [4.78, 5) is 0. The van der Waals surface area contributed by atoms with Crippen LogP contribution >= 0.6 is 0 Å². The Morgan fingerprint density at radius 3 is 1.33 bits per heavy atom.